The lowest BCUT2D eigenvalue weighted by Gasteiger charge is -2.23. The summed E-state index contributed by atoms with van der Waals surface area (Å²) in [5.74, 6) is -2.54. The van der Waals surface area contributed by atoms with Crippen molar-refractivity contribution in [3.8, 4) is 11.5 Å². The highest BCUT2D eigenvalue weighted by molar-refractivity contribution is 7.18. The number of aliphatic hydroxyl groups excluding tert-OH is 1. The Morgan fingerprint density at radius 3 is 2.54 bits per heavy atom. The third-order valence-electron chi connectivity index (χ3n) is 5.77. The van der Waals surface area contributed by atoms with Gasteiger partial charge in [0.15, 0.2) is 22.4 Å². The van der Waals surface area contributed by atoms with Crippen LogP contribution in [-0.2, 0) is 9.59 Å². The molecule has 3 heterocycles. The first-order chi connectivity index (χ1) is 16.8. The van der Waals surface area contributed by atoms with Crippen molar-refractivity contribution in [2.45, 2.75) is 19.9 Å². The normalized spacial score (nSPS) is 18.7. The van der Waals surface area contributed by atoms with Crippen LogP contribution in [0.1, 0.15) is 39.5 Å². The van der Waals surface area contributed by atoms with Crippen LogP contribution in [0.15, 0.2) is 48.0 Å². The van der Waals surface area contributed by atoms with E-state index in [9.17, 15) is 19.5 Å². The lowest BCUT2D eigenvalue weighted by Crippen LogP contribution is -2.29. The van der Waals surface area contributed by atoms with E-state index < -0.39 is 29.3 Å². The molecule has 1 saturated heterocycles. The molecular formula is C25H19FN2O6S. The van der Waals surface area contributed by atoms with Crippen molar-refractivity contribution in [1.82, 2.24) is 4.98 Å². The first kappa shape index (κ1) is 22.7. The number of carbonyl (C=O) groups is 3. The molecule has 1 aromatic heterocycles. The van der Waals surface area contributed by atoms with E-state index >= 15 is 4.39 Å². The second-order valence-electron chi connectivity index (χ2n) is 8.02. The predicted octanol–water partition coefficient (Wildman–Crippen LogP) is 4.19. The molecule has 0 bridgehead atoms. The van der Waals surface area contributed by atoms with Gasteiger partial charge in [-0.3, -0.25) is 19.3 Å². The number of ketones is 2. The van der Waals surface area contributed by atoms with Gasteiger partial charge < -0.3 is 14.6 Å². The molecule has 1 atom stereocenters. The van der Waals surface area contributed by atoms with E-state index in [2.05, 4.69) is 4.98 Å². The Morgan fingerprint density at radius 1 is 1.14 bits per heavy atom. The third-order valence-corrected chi connectivity index (χ3v) is 7.03. The SMILES string of the molecule is CC(=O)c1sc(N2C(=O)C(=O)/C(=C(/O)c3ccc4c(c3)OCCO4)[C@@H]2c2ccccc2F)nc1C. The van der Waals surface area contributed by atoms with Crippen molar-refractivity contribution in [2.75, 3.05) is 18.1 Å². The number of Topliss-reactive ketones (excluding diaryl/α,β-unsaturated/α-hetero) is 2. The number of thiazole rings is 1. The summed E-state index contributed by atoms with van der Waals surface area (Å²) < 4.78 is 26.1. The number of benzene rings is 2. The number of halogens is 1. The number of aromatic nitrogens is 1. The molecule has 0 spiro atoms. The fourth-order valence-corrected chi connectivity index (χ4v) is 5.17. The van der Waals surface area contributed by atoms with E-state index in [1.165, 1.54) is 37.3 Å². The van der Waals surface area contributed by atoms with Crippen molar-refractivity contribution in [3.05, 3.63) is 75.6 Å². The number of hydrogen-bond acceptors (Lipinski definition) is 8. The van der Waals surface area contributed by atoms with E-state index in [0.717, 1.165) is 16.2 Å². The molecule has 3 aromatic rings. The molecule has 5 rings (SSSR count). The Bertz CT molecular complexity index is 1430. The topological polar surface area (TPSA) is 106 Å². The van der Waals surface area contributed by atoms with E-state index in [1.807, 2.05) is 0 Å². The molecule has 1 fully saturated rings. The molecule has 0 aliphatic carbocycles. The maximum Gasteiger partial charge on any atom is 0.301 e. The molecule has 2 aromatic carbocycles. The molecule has 178 valence electrons. The Balaban J connectivity index is 1.71. The summed E-state index contributed by atoms with van der Waals surface area (Å²) in [5, 5.41) is 11.3. The molecule has 1 amide bonds. The van der Waals surface area contributed by atoms with Crippen LogP contribution in [-0.4, -0.2) is 40.8 Å². The standard InChI is InChI=1S/C25H19FN2O6S/c1-12-23(13(2)29)35-25(27-12)28-20(15-5-3-4-6-16(15)26)19(22(31)24(28)32)21(30)14-7-8-17-18(11-14)34-10-9-33-17/h3-8,11,20,30H,9-10H2,1-2H3/b21-19+/t20-/m0/s1. The van der Waals surface area contributed by atoms with Crippen molar-refractivity contribution in [2.24, 2.45) is 0 Å². The number of anilines is 1. The molecular weight excluding hydrogens is 475 g/mol. The van der Waals surface area contributed by atoms with Crippen LogP contribution in [0, 0.1) is 12.7 Å². The molecule has 2 aliphatic rings. The summed E-state index contributed by atoms with van der Waals surface area (Å²) in [6.07, 6.45) is 0. The third kappa shape index (κ3) is 3.75. The monoisotopic (exact) mass is 494 g/mol. The quantitative estimate of drug-likeness (QED) is 0.251. The van der Waals surface area contributed by atoms with Crippen LogP contribution in [0.25, 0.3) is 5.76 Å². The zero-order valence-electron chi connectivity index (χ0n) is 18.7. The van der Waals surface area contributed by atoms with Gasteiger partial charge in [0.1, 0.15) is 30.8 Å². The Hall–Kier alpha value is -4.05. The van der Waals surface area contributed by atoms with Crippen LogP contribution in [0.2, 0.25) is 0 Å². The molecule has 35 heavy (non-hydrogen) atoms. The van der Waals surface area contributed by atoms with Gasteiger partial charge in [0.25, 0.3) is 5.78 Å². The number of fused-ring (bicyclic) bond motifs is 1. The van der Waals surface area contributed by atoms with Gasteiger partial charge in [-0.15, -0.1) is 0 Å². The Morgan fingerprint density at radius 2 is 1.86 bits per heavy atom. The molecule has 2 aliphatic heterocycles. The average Bonchev–Trinajstić information content (AvgIpc) is 3.35. The van der Waals surface area contributed by atoms with E-state index in [4.69, 9.17) is 9.47 Å². The number of carbonyl (C=O) groups excluding carboxylic acids is 3. The van der Waals surface area contributed by atoms with Gasteiger partial charge in [0.2, 0.25) is 0 Å². The van der Waals surface area contributed by atoms with Crippen molar-refractivity contribution >= 4 is 39.7 Å². The number of nitrogens with zero attached hydrogens (tertiary/aromatic N) is 2. The largest absolute Gasteiger partial charge is 0.507 e. The summed E-state index contributed by atoms with van der Waals surface area (Å²) in [6, 6.07) is 8.99. The highest BCUT2D eigenvalue weighted by Crippen LogP contribution is 2.45. The minimum absolute atomic E-state index is 0.00280. The summed E-state index contributed by atoms with van der Waals surface area (Å²) in [4.78, 5) is 44.1. The number of aliphatic hydroxyl groups is 1. The van der Waals surface area contributed by atoms with E-state index in [0.29, 0.717) is 35.3 Å². The number of aryl methyl sites for hydroxylation is 1. The maximum atomic E-state index is 15.0. The second kappa shape index (κ2) is 8.62. The summed E-state index contributed by atoms with van der Waals surface area (Å²) >= 11 is 0.932. The fraction of sp³-hybridized carbons (Fsp3) is 0.200. The zero-order chi connectivity index (χ0) is 24.9. The first-order valence-electron chi connectivity index (χ1n) is 10.7. The molecule has 1 N–H and O–H groups in total. The second-order valence-corrected chi connectivity index (χ2v) is 8.99. The van der Waals surface area contributed by atoms with Gasteiger partial charge in [0.05, 0.1) is 16.1 Å². The Labute approximate surface area is 203 Å². The number of hydrogen-bond donors (Lipinski definition) is 1. The Kier molecular flexibility index (Phi) is 5.60. The summed E-state index contributed by atoms with van der Waals surface area (Å²) in [5.41, 5.74) is 0.295. The van der Waals surface area contributed by atoms with Crippen molar-refractivity contribution < 1.29 is 33.4 Å². The molecule has 0 radical (unpaired) electrons. The molecule has 8 nitrogen and oxygen atoms in total. The van der Waals surface area contributed by atoms with Gasteiger partial charge in [0, 0.05) is 18.1 Å². The summed E-state index contributed by atoms with van der Waals surface area (Å²) in [6.45, 7) is 3.68. The van der Waals surface area contributed by atoms with Gasteiger partial charge in [-0.2, -0.15) is 0 Å². The van der Waals surface area contributed by atoms with Gasteiger partial charge in [-0.1, -0.05) is 29.5 Å². The van der Waals surface area contributed by atoms with E-state index in [1.54, 1.807) is 19.1 Å². The van der Waals surface area contributed by atoms with Crippen LogP contribution >= 0.6 is 11.3 Å². The van der Waals surface area contributed by atoms with Crippen molar-refractivity contribution in [3.63, 3.8) is 0 Å². The smallest absolute Gasteiger partial charge is 0.301 e. The molecule has 0 unspecified atom stereocenters. The van der Waals surface area contributed by atoms with Crippen LogP contribution < -0.4 is 14.4 Å². The highest BCUT2D eigenvalue weighted by atomic mass is 32.1. The van der Waals surface area contributed by atoms with Gasteiger partial charge >= 0.3 is 5.91 Å². The molecule has 10 heteroatoms. The zero-order valence-corrected chi connectivity index (χ0v) is 19.5. The summed E-state index contributed by atoms with van der Waals surface area (Å²) in [7, 11) is 0. The number of ether oxygens (including phenoxy) is 2. The van der Waals surface area contributed by atoms with Gasteiger partial charge in [-0.25, -0.2) is 9.37 Å². The minimum Gasteiger partial charge on any atom is -0.507 e. The number of amides is 1. The lowest BCUT2D eigenvalue weighted by atomic mass is 9.95. The average molecular weight is 495 g/mol. The van der Waals surface area contributed by atoms with Crippen LogP contribution in [0.4, 0.5) is 9.52 Å². The highest BCUT2D eigenvalue weighted by Gasteiger charge is 2.49. The lowest BCUT2D eigenvalue weighted by molar-refractivity contribution is -0.132. The van der Waals surface area contributed by atoms with Crippen LogP contribution in [0.5, 0.6) is 11.5 Å². The van der Waals surface area contributed by atoms with Crippen molar-refractivity contribution in [1.29, 1.82) is 0 Å². The number of rotatable bonds is 4. The van der Waals surface area contributed by atoms with E-state index in [-0.39, 0.29) is 27.6 Å². The first-order valence-corrected chi connectivity index (χ1v) is 11.5. The minimum atomic E-state index is -1.30. The predicted molar refractivity (Wildman–Crippen MR) is 125 cm³/mol. The van der Waals surface area contributed by atoms with Crippen LogP contribution in [0.3, 0.4) is 0 Å². The van der Waals surface area contributed by atoms with Gasteiger partial charge in [-0.05, 0) is 31.2 Å². The maximum absolute atomic E-state index is 15.0. The molecule has 0 saturated carbocycles. The fourth-order valence-electron chi connectivity index (χ4n) is 4.18.